The number of halogens is 2. The van der Waals surface area contributed by atoms with Crippen molar-refractivity contribution < 1.29 is 4.79 Å². The number of carbonyl (C=O) groups excluding carboxylic acids is 1. The van der Waals surface area contributed by atoms with E-state index < -0.39 is 0 Å². The fourth-order valence-electron chi connectivity index (χ4n) is 3.24. The van der Waals surface area contributed by atoms with Gasteiger partial charge in [0.05, 0.1) is 4.47 Å². The summed E-state index contributed by atoms with van der Waals surface area (Å²) in [5, 5.41) is 9.86. The van der Waals surface area contributed by atoms with Gasteiger partial charge < -0.3 is 10.2 Å². The number of amides is 1. The number of carbonyl (C=O) groups is 1. The van der Waals surface area contributed by atoms with Crippen LogP contribution in [0.4, 0.5) is 0 Å². The molecule has 1 aromatic heterocycles. The number of hydrogen-bond donors (Lipinski definition) is 2. The van der Waals surface area contributed by atoms with Gasteiger partial charge in [-0.15, -0.1) is 0 Å². The van der Waals surface area contributed by atoms with Crippen LogP contribution in [-0.2, 0) is 0 Å². The van der Waals surface area contributed by atoms with Crippen LogP contribution in [0.1, 0.15) is 36.2 Å². The van der Waals surface area contributed by atoms with E-state index >= 15 is 0 Å². The summed E-state index contributed by atoms with van der Waals surface area (Å²) in [4.78, 5) is 14.7. The van der Waals surface area contributed by atoms with Gasteiger partial charge in [0.2, 0.25) is 0 Å². The summed E-state index contributed by atoms with van der Waals surface area (Å²) in [5.41, 5.74) is 0.415. The third-order valence-electron chi connectivity index (χ3n) is 4.32. The minimum atomic E-state index is -0.109. The second kappa shape index (κ2) is 5.18. The molecule has 0 aliphatic carbocycles. The van der Waals surface area contributed by atoms with E-state index in [1.165, 1.54) is 12.8 Å². The van der Waals surface area contributed by atoms with E-state index in [1.54, 1.807) is 0 Å². The van der Waals surface area contributed by atoms with Crippen molar-refractivity contribution in [1.82, 2.24) is 20.4 Å². The molecule has 2 unspecified atom stereocenters. The number of rotatable bonds is 2. The van der Waals surface area contributed by atoms with Crippen LogP contribution >= 0.6 is 31.9 Å². The van der Waals surface area contributed by atoms with E-state index in [2.05, 4.69) is 59.3 Å². The number of fused-ring (bicyclic) bond motifs is 2. The summed E-state index contributed by atoms with van der Waals surface area (Å²) in [6.45, 7) is 0. The average Bonchev–Trinajstić information content (AvgIpc) is 2.79. The van der Waals surface area contributed by atoms with Gasteiger partial charge in [0, 0.05) is 18.1 Å². The Balaban J connectivity index is 1.66. The predicted molar refractivity (Wildman–Crippen MR) is 79.0 cm³/mol. The fraction of sp³-hybridized carbons (Fsp3) is 0.667. The predicted octanol–water partition coefficient (Wildman–Crippen LogP) is 2.29. The molecule has 0 radical (unpaired) electrons. The smallest absolute Gasteiger partial charge is 0.273 e. The molecule has 0 saturated carbocycles. The second-order valence-electron chi connectivity index (χ2n) is 5.39. The van der Waals surface area contributed by atoms with Crippen LogP contribution in [0.25, 0.3) is 0 Å². The highest BCUT2D eigenvalue weighted by Gasteiger charge is 2.39. The molecule has 104 valence electrons. The Kier molecular flexibility index (Phi) is 3.70. The Morgan fingerprint density at radius 3 is 2.53 bits per heavy atom. The van der Waals surface area contributed by atoms with E-state index in [4.69, 9.17) is 0 Å². The fourth-order valence-corrected chi connectivity index (χ4v) is 3.87. The van der Waals surface area contributed by atoms with Gasteiger partial charge in [0.1, 0.15) is 4.60 Å². The number of piperidine rings is 1. The molecule has 0 spiro atoms. The normalized spacial score (nSPS) is 30.6. The molecule has 2 aliphatic rings. The molecule has 5 nitrogen and oxygen atoms in total. The van der Waals surface area contributed by atoms with Crippen molar-refractivity contribution in [3.05, 3.63) is 14.8 Å². The monoisotopic (exact) mass is 390 g/mol. The van der Waals surface area contributed by atoms with Crippen molar-refractivity contribution in [3.8, 4) is 0 Å². The van der Waals surface area contributed by atoms with Crippen LogP contribution in [0.15, 0.2) is 9.08 Å². The van der Waals surface area contributed by atoms with Crippen LogP contribution in [0.2, 0.25) is 0 Å². The molecule has 3 heterocycles. The highest BCUT2D eigenvalue weighted by molar-refractivity contribution is 9.13. The first-order chi connectivity index (χ1) is 9.06. The number of aromatic nitrogens is 2. The van der Waals surface area contributed by atoms with Crippen LogP contribution in [0.3, 0.4) is 0 Å². The topological polar surface area (TPSA) is 61.0 Å². The Labute approximate surface area is 128 Å². The molecule has 2 bridgehead atoms. The van der Waals surface area contributed by atoms with Gasteiger partial charge in [-0.25, -0.2) is 0 Å². The van der Waals surface area contributed by atoms with Crippen molar-refractivity contribution in [2.24, 2.45) is 0 Å². The van der Waals surface area contributed by atoms with Crippen molar-refractivity contribution in [3.63, 3.8) is 0 Å². The van der Waals surface area contributed by atoms with Crippen molar-refractivity contribution >= 4 is 37.8 Å². The largest absolute Gasteiger partial charge is 0.348 e. The Morgan fingerprint density at radius 1 is 1.37 bits per heavy atom. The van der Waals surface area contributed by atoms with Crippen LogP contribution < -0.4 is 5.32 Å². The van der Waals surface area contributed by atoms with Gasteiger partial charge >= 0.3 is 0 Å². The molecule has 7 heteroatoms. The number of aromatic amines is 1. The lowest BCUT2D eigenvalue weighted by molar-refractivity contribution is 0.0877. The van der Waals surface area contributed by atoms with Gasteiger partial charge in [-0.2, -0.15) is 5.10 Å². The summed E-state index contributed by atoms with van der Waals surface area (Å²) < 4.78 is 1.38. The number of nitrogens with zero attached hydrogens (tertiary/aromatic N) is 2. The van der Waals surface area contributed by atoms with Crippen molar-refractivity contribution in [2.75, 3.05) is 7.05 Å². The maximum absolute atomic E-state index is 12.2. The molecule has 3 rings (SSSR count). The molecule has 1 amide bonds. The Hall–Kier alpha value is -0.400. The quantitative estimate of drug-likeness (QED) is 0.812. The number of hydrogen-bond acceptors (Lipinski definition) is 3. The lowest BCUT2D eigenvalue weighted by Crippen LogP contribution is -2.48. The first-order valence-electron chi connectivity index (χ1n) is 6.48. The molecule has 0 aromatic carbocycles. The first kappa shape index (κ1) is 13.6. The van der Waals surface area contributed by atoms with Crippen LogP contribution in [0, 0.1) is 0 Å². The minimum Gasteiger partial charge on any atom is -0.348 e. The highest BCUT2D eigenvalue weighted by atomic mass is 79.9. The lowest BCUT2D eigenvalue weighted by Gasteiger charge is -2.36. The first-order valence-corrected chi connectivity index (χ1v) is 8.07. The maximum atomic E-state index is 12.2. The van der Waals surface area contributed by atoms with E-state index in [0.29, 0.717) is 26.9 Å². The molecule has 2 fully saturated rings. The standard InChI is InChI=1S/C12H16Br2N4O/c1-18-7-2-3-8(18)5-6(4-7)15-12(19)10-9(13)11(14)17-16-10/h6-8H,2-5H2,1H3,(H,15,19)(H,16,17). The van der Waals surface area contributed by atoms with Gasteiger partial charge in [-0.3, -0.25) is 9.89 Å². The van der Waals surface area contributed by atoms with Gasteiger partial charge in [0.15, 0.2) is 5.69 Å². The molecule has 2 aliphatic heterocycles. The average molecular weight is 392 g/mol. The summed E-state index contributed by atoms with van der Waals surface area (Å²) in [7, 11) is 2.20. The lowest BCUT2D eigenvalue weighted by atomic mass is 9.98. The highest BCUT2D eigenvalue weighted by Crippen LogP contribution is 2.34. The molecular weight excluding hydrogens is 376 g/mol. The van der Waals surface area contributed by atoms with Crippen molar-refractivity contribution in [2.45, 2.75) is 43.8 Å². The Bertz CT molecular complexity index is 490. The van der Waals surface area contributed by atoms with Crippen molar-refractivity contribution in [1.29, 1.82) is 0 Å². The summed E-state index contributed by atoms with van der Waals surface area (Å²) >= 11 is 6.65. The van der Waals surface area contributed by atoms with E-state index in [1.807, 2.05) is 0 Å². The number of H-pyrrole nitrogens is 1. The zero-order valence-electron chi connectivity index (χ0n) is 10.6. The molecule has 2 saturated heterocycles. The van der Waals surface area contributed by atoms with Gasteiger partial charge in [-0.1, -0.05) is 0 Å². The molecule has 2 N–H and O–H groups in total. The molecular formula is C12H16Br2N4O. The zero-order valence-corrected chi connectivity index (χ0v) is 13.8. The maximum Gasteiger partial charge on any atom is 0.273 e. The van der Waals surface area contributed by atoms with Gasteiger partial charge in [-0.05, 0) is 64.6 Å². The van der Waals surface area contributed by atoms with Gasteiger partial charge in [0.25, 0.3) is 5.91 Å². The zero-order chi connectivity index (χ0) is 13.6. The molecule has 2 atom stereocenters. The van der Waals surface area contributed by atoms with Crippen LogP contribution in [-0.4, -0.2) is 46.2 Å². The third kappa shape index (κ3) is 2.48. The minimum absolute atomic E-state index is 0.109. The van der Waals surface area contributed by atoms with E-state index in [-0.39, 0.29) is 11.9 Å². The van der Waals surface area contributed by atoms with Crippen LogP contribution in [0.5, 0.6) is 0 Å². The number of nitrogens with one attached hydrogen (secondary N) is 2. The molecule has 1 aromatic rings. The summed E-state index contributed by atoms with van der Waals surface area (Å²) in [6.07, 6.45) is 4.60. The summed E-state index contributed by atoms with van der Waals surface area (Å²) in [6, 6.07) is 1.51. The summed E-state index contributed by atoms with van der Waals surface area (Å²) in [5.74, 6) is -0.109. The Morgan fingerprint density at radius 2 is 2.00 bits per heavy atom. The molecule has 19 heavy (non-hydrogen) atoms. The third-order valence-corrected chi connectivity index (χ3v) is 6.19. The second-order valence-corrected chi connectivity index (χ2v) is 6.98. The van der Waals surface area contributed by atoms with E-state index in [9.17, 15) is 4.79 Å². The SMILES string of the molecule is CN1C2CCC1CC(NC(=O)c1n[nH]c(Br)c1Br)C2. The van der Waals surface area contributed by atoms with E-state index in [0.717, 1.165) is 12.8 Å².